The fourth-order valence-electron chi connectivity index (χ4n) is 2.54. The first-order chi connectivity index (χ1) is 14.2. The SMILES string of the molecule is COc1cc(CC(N)=NO)cc(OC)c1CN(C(=O)OC(C)(C)C)C(=O)OC(C)(C)C. The summed E-state index contributed by atoms with van der Waals surface area (Å²) in [6, 6.07) is 3.30. The molecular formula is C21H33N3O7. The Labute approximate surface area is 182 Å². The van der Waals surface area contributed by atoms with E-state index in [-0.39, 0.29) is 18.8 Å². The molecule has 0 saturated heterocycles. The van der Waals surface area contributed by atoms with Crippen molar-refractivity contribution in [3.63, 3.8) is 0 Å². The van der Waals surface area contributed by atoms with Crippen LogP contribution in [-0.4, -0.2) is 53.6 Å². The van der Waals surface area contributed by atoms with Crippen LogP contribution in [0.4, 0.5) is 9.59 Å². The van der Waals surface area contributed by atoms with Gasteiger partial charge in [-0.05, 0) is 59.2 Å². The third-order valence-electron chi connectivity index (χ3n) is 3.73. The number of amides is 2. The number of oxime groups is 1. The summed E-state index contributed by atoms with van der Waals surface area (Å²) >= 11 is 0. The Morgan fingerprint density at radius 1 is 0.968 bits per heavy atom. The smallest absolute Gasteiger partial charge is 0.420 e. The van der Waals surface area contributed by atoms with Crippen LogP contribution in [0.15, 0.2) is 17.3 Å². The fourth-order valence-corrected chi connectivity index (χ4v) is 2.54. The van der Waals surface area contributed by atoms with E-state index in [4.69, 9.17) is 29.9 Å². The number of carbonyl (C=O) groups is 2. The molecule has 0 atom stereocenters. The lowest BCUT2D eigenvalue weighted by Crippen LogP contribution is -2.43. The third kappa shape index (κ3) is 8.23. The average molecular weight is 440 g/mol. The van der Waals surface area contributed by atoms with Crippen molar-refractivity contribution < 1.29 is 33.7 Å². The van der Waals surface area contributed by atoms with Gasteiger partial charge in [-0.25, -0.2) is 14.5 Å². The van der Waals surface area contributed by atoms with E-state index < -0.39 is 23.4 Å². The zero-order valence-electron chi connectivity index (χ0n) is 19.4. The van der Waals surface area contributed by atoms with Gasteiger partial charge in [-0.15, -0.1) is 0 Å². The molecular weight excluding hydrogens is 406 g/mol. The second-order valence-corrected chi connectivity index (χ2v) is 8.79. The topological polar surface area (TPSA) is 133 Å². The molecule has 0 unspecified atom stereocenters. The molecule has 1 aromatic rings. The largest absolute Gasteiger partial charge is 0.496 e. The van der Waals surface area contributed by atoms with Crippen LogP contribution in [0.25, 0.3) is 0 Å². The predicted molar refractivity (Wildman–Crippen MR) is 115 cm³/mol. The molecule has 0 spiro atoms. The Hall–Kier alpha value is -3.17. The van der Waals surface area contributed by atoms with Gasteiger partial charge in [0.25, 0.3) is 0 Å². The zero-order valence-corrected chi connectivity index (χ0v) is 19.4. The van der Waals surface area contributed by atoms with Crippen molar-refractivity contribution in [3.05, 3.63) is 23.3 Å². The van der Waals surface area contributed by atoms with Crippen LogP contribution in [0.2, 0.25) is 0 Å². The van der Waals surface area contributed by atoms with Crippen molar-refractivity contribution in [1.29, 1.82) is 0 Å². The van der Waals surface area contributed by atoms with Gasteiger partial charge in [-0.1, -0.05) is 5.16 Å². The van der Waals surface area contributed by atoms with Gasteiger partial charge in [0.05, 0.1) is 26.3 Å². The molecule has 10 nitrogen and oxygen atoms in total. The first-order valence-electron chi connectivity index (χ1n) is 9.64. The van der Waals surface area contributed by atoms with E-state index in [2.05, 4.69) is 5.16 Å². The molecule has 0 fully saturated rings. The summed E-state index contributed by atoms with van der Waals surface area (Å²) in [7, 11) is 2.88. The van der Waals surface area contributed by atoms with Crippen LogP contribution in [-0.2, 0) is 22.4 Å². The number of hydrogen-bond donors (Lipinski definition) is 2. The molecule has 0 aliphatic rings. The highest BCUT2D eigenvalue weighted by molar-refractivity contribution is 5.88. The third-order valence-corrected chi connectivity index (χ3v) is 3.73. The number of imide groups is 1. The molecule has 0 saturated carbocycles. The second kappa shape index (κ2) is 10.2. The molecule has 0 bridgehead atoms. The molecule has 1 rings (SSSR count). The minimum Gasteiger partial charge on any atom is -0.496 e. The maximum atomic E-state index is 12.8. The molecule has 31 heavy (non-hydrogen) atoms. The van der Waals surface area contributed by atoms with E-state index in [1.807, 2.05) is 0 Å². The van der Waals surface area contributed by atoms with Crippen LogP contribution in [0.3, 0.4) is 0 Å². The minimum absolute atomic E-state index is 0.000919. The quantitative estimate of drug-likeness (QED) is 0.297. The van der Waals surface area contributed by atoms with Crippen LogP contribution in [0.1, 0.15) is 52.7 Å². The summed E-state index contributed by atoms with van der Waals surface area (Å²) in [5.74, 6) is 0.690. The summed E-state index contributed by atoms with van der Waals surface area (Å²) in [4.78, 5) is 26.5. The molecule has 3 N–H and O–H groups in total. The first kappa shape index (κ1) is 25.9. The molecule has 0 radical (unpaired) electrons. The minimum atomic E-state index is -0.869. The maximum absolute atomic E-state index is 12.8. The summed E-state index contributed by atoms with van der Waals surface area (Å²) < 4.78 is 21.7. The van der Waals surface area contributed by atoms with Crippen LogP contribution in [0, 0.1) is 0 Å². The number of ether oxygens (including phenoxy) is 4. The average Bonchev–Trinajstić information content (AvgIpc) is 2.62. The lowest BCUT2D eigenvalue weighted by Gasteiger charge is -2.29. The summed E-state index contributed by atoms with van der Waals surface area (Å²) in [6.45, 7) is 9.95. The number of benzene rings is 1. The predicted octanol–water partition coefficient (Wildman–Crippen LogP) is 3.66. The van der Waals surface area contributed by atoms with E-state index in [1.165, 1.54) is 14.2 Å². The monoisotopic (exact) mass is 439 g/mol. The van der Waals surface area contributed by atoms with Gasteiger partial charge in [-0.3, -0.25) is 0 Å². The Bertz CT molecular complexity index is 770. The van der Waals surface area contributed by atoms with Crippen molar-refractivity contribution >= 4 is 18.0 Å². The number of methoxy groups -OCH3 is 2. The van der Waals surface area contributed by atoms with Crippen molar-refractivity contribution in [3.8, 4) is 11.5 Å². The zero-order chi connectivity index (χ0) is 24.0. The lowest BCUT2D eigenvalue weighted by molar-refractivity contribution is -0.000421. The van der Waals surface area contributed by atoms with Crippen LogP contribution in [0.5, 0.6) is 11.5 Å². The number of nitrogens with two attached hydrogens (primary N) is 1. The Balaban J connectivity index is 3.42. The lowest BCUT2D eigenvalue weighted by atomic mass is 10.1. The molecule has 2 amide bonds. The van der Waals surface area contributed by atoms with Crippen molar-refractivity contribution in [1.82, 2.24) is 4.90 Å². The van der Waals surface area contributed by atoms with Crippen molar-refractivity contribution in [2.24, 2.45) is 10.9 Å². The number of nitrogens with zero attached hydrogens (tertiary/aromatic N) is 2. The number of amidine groups is 1. The summed E-state index contributed by atoms with van der Waals surface area (Å²) in [6.07, 6.45) is -1.59. The van der Waals surface area contributed by atoms with E-state index in [1.54, 1.807) is 53.7 Å². The molecule has 10 heteroatoms. The standard InChI is InChI=1S/C21H33N3O7/c1-20(2,3)30-18(25)24(19(26)31-21(4,5)6)12-14-15(28-7)9-13(10-16(14)29-8)11-17(22)23-27/h9-10,27H,11-12H2,1-8H3,(H2,22,23). The number of carbonyl (C=O) groups excluding carboxylic acids is 2. The maximum Gasteiger partial charge on any atom is 0.420 e. The molecule has 1 aromatic carbocycles. The number of rotatable bonds is 6. The second-order valence-electron chi connectivity index (χ2n) is 8.79. The van der Waals surface area contributed by atoms with Crippen molar-refractivity contribution in [2.75, 3.05) is 14.2 Å². The van der Waals surface area contributed by atoms with Crippen LogP contribution >= 0.6 is 0 Å². The Kier molecular flexibility index (Phi) is 8.54. The van der Waals surface area contributed by atoms with E-state index >= 15 is 0 Å². The highest BCUT2D eigenvalue weighted by Crippen LogP contribution is 2.33. The molecule has 0 aromatic heterocycles. The number of hydrogen-bond acceptors (Lipinski definition) is 8. The van der Waals surface area contributed by atoms with Gasteiger partial charge >= 0.3 is 12.2 Å². The molecule has 0 aliphatic carbocycles. The van der Waals surface area contributed by atoms with E-state index in [0.29, 0.717) is 22.6 Å². The van der Waals surface area contributed by atoms with Crippen molar-refractivity contribution in [2.45, 2.75) is 65.7 Å². The van der Waals surface area contributed by atoms with Gasteiger partial charge < -0.3 is 29.9 Å². The van der Waals surface area contributed by atoms with Crippen LogP contribution < -0.4 is 15.2 Å². The van der Waals surface area contributed by atoms with Gasteiger partial charge in [-0.2, -0.15) is 0 Å². The van der Waals surface area contributed by atoms with Gasteiger partial charge in [0.15, 0.2) is 0 Å². The Morgan fingerprint density at radius 2 is 1.39 bits per heavy atom. The highest BCUT2D eigenvalue weighted by atomic mass is 16.6. The van der Waals surface area contributed by atoms with Gasteiger partial charge in [0, 0.05) is 6.42 Å². The normalized spacial score (nSPS) is 12.2. The van der Waals surface area contributed by atoms with Gasteiger partial charge in [0.2, 0.25) is 0 Å². The molecule has 0 heterocycles. The molecule has 0 aliphatic heterocycles. The summed E-state index contributed by atoms with van der Waals surface area (Å²) in [5, 5.41) is 11.8. The fraction of sp³-hybridized carbons (Fsp3) is 0.571. The summed E-state index contributed by atoms with van der Waals surface area (Å²) in [5.41, 5.74) is 5.01. The van der Waals surface area contributed by atoms with E-state index in [0.717, 1.165) is 4.90 Å². The van der Waals surface area contributed by atoms with Gasteiger partial charge in [0.1, 0.15) is 28.5 Å². The Morgan fingerprint density at radius 3 is 1.71 bits per heavy atom. The van der Waals surface area contributed by atoms with E-state index in [9.17, 15) is 9.59 Å². The highest BCUT2D eigenvalue weighted by Gasteiger charge is 2.33. The first-order valence-corrected chi connectivity index (χ1v) is 9.64. The molecule has 174 valence electrons.